The lowest BCUT2D eigenvalue weighted by atomic mass is 10.1. The first kappa shape index (κ1) is 34.0. The van der Waals surface area contributed by atoms with Crippen LogP contribution in [-0.4, -0.2) is 58.5 Å². The molecule has 1 unspecified atom stereocenters. The molecule has 0 saturated carbocycles. The molecule has 232 valence electrons. The van der Waals surface area contributed by atoms with Crippen molar-refractivity contribution in [3.63, 3.8) is 0 Å². The van der Waals surface area contributed by atoms with Gasteiger partial charge in [0.05, 0.1) is 24.8 Å². The quantitative estimate of drug-likeness (QED) is 0.237. The third-order valence-corrected chi connectivity index (χ3v) is 9.22. The summed E-state index contributed by atoms with van der Waals surface area (Å²) in [6.45, 7) is 5.35. The summed E-state index contributed by atoms with van der Waals surface area (Å²) in [5.74, 6) is -0.103. The summed E-state index contributed by atoms with van der Waals surface area (Å²) in [7, 11) is -1.42. The van der Waals surface area contributed by atoms with Gasteiger partial charge in [-0.15, -0.1) is 0 Å². The van der Waals surface area contributed by atoms with E-state index in [1.54, 1.807) is 49.4 Å². The van der Waals surface area contributed by atoms with Crippen LogP contribution < -0.4 is 19.1 Å². The van der Waals surface area contributed by atoms with Gasteiger partial charge in [-0.3, -0.25) is 13.9 Å². The van der Waals surface area contributed by atoms with Gasteiger partial charge in [-0.25, -0.2) is 8.42 Å². The molecule has 0 fully saturated rings. The van der Waals surface area contributed by atoms with Crippen LogP contribution in [0.3, 0.4) is 0 Å². The molecule has 12 heteroatoms. The van der Waals surface area contributed by atoms with Crippen LogP contribution in [0.15, 0.2) is 71.6 Å². The second-order valence-corrected chi connectivity index (χ2v) is 12.8. The fourth-order valence-electron chi connectivity index (χ4n) is 4.42. The Labute approximate surface area is 263 Å². The molecule has 3 aromatic carbocycles. The van der Waals surface area contributed by atoms with Crippen molar-refractivity contribution >= 4 is 50.7 Å². The summed E-state index contributed by atoms with van der Waals surface area (Å²) in [6.07, 6.45) is 0.262. The molecule has 0 saturated heterocycles. The number of benzene rings is 3. The molecule has 0 aliphatic heterocycles. The average molecular weight is 651 g/mol. The van der Waals surface area contributed by atoms with Gasteiger partial charge >= 0.3 is 0 Å². The van der Waals surface area contributed by atoms with E-state index in [1.165, 1.54) is 43.4 Å². The van der Waals surface area contributed by atoms with Gasteiger partial charge in [-0.05, 0) is 60.9 Å². The van der Waals surface area contributed by atoms with Crippen molar-refractivity contribution in [2.75, 3.05) is 31.6 Å². The van der Waals surface area contributed by atoms with Crippen LogP contribution in [-0.2, 0) is 26.2 Å². The number of methoxy groups -OCH3 is 2. The molecule has 0 aromatic heterocycles. The Morgan fingerprint density at radius 1 is 0.907 bits per heavy atom. The van der Waals surface area contributed by atoms with E-state index in [1.807, 2.05) is 13.8 Å². The number of nitrogens with zero attached hydrogens (tertiary/aromatic N) is 2. The fourth-order valence-corrected chi connectivity index (χ4v) is 6.36. The molecule has 0 aliphatic rings. The highest BCUT2D eigenvalue weighted by molar-refractivity contribution is 7.92. The van der Waals surface area contributed by atoms with Gasteiger partial charge in [0.1, 0.15) is 24.1 Å². The molecule has 0 bridgehead atoms. The number of rotatable bonds is 14. The number of halogens is 2. The second-order valence-electron chi connectivity index (χ2n) is 10.1. The van der Waals surface area contributed by atoms with E-state index in [4.69, 9.17) is 32.7 Å². The standard InChI is InChI=1S/C31H37Cl2N3O6S/c1-6-27(31(38)34-18-21(2)3)35(19-24-25(32)10-9-11-26(24)33)30(37)20-36(28-12-7-8-13-29(28)42-5)43(39,40)23-16-14-22(41-4)15-17-23/h7-17,21,27H,6,18-20H2,1-5H3,(H,34,38). The molecule has 1 atom stereocenters. The Morgan fingerprint density at radius 3 is 2.09 bits per heavy atom. The first-order valence-electron chi connectivity index (χ1n) is 13.7. The van der Waals surface area contributed by atoms with Crippen molar-refractivity contribution in [2.24, 2.45) is 5.92 Å². The number of amides is 2. The number of hydrogen-bond donors (Lipinski definition) is 1. The highest BCUT2D eigenvalue weighted by Gasteiger charge is 2.35. The van der Waals surface area contributed by atoms with E-state index in [2.05, 4.69) is 5.32 Å². The maximum absolute atomic E-state index is 14.3. The number of para-hydroxylation sites is 2. The van der Waals surface area contributed by atoms with Crippen LogP contribution in [0, 0.1) is 5.92 Å². The highest BCUT2D eigenvalue weighted by atomic mass is 35.5. The summed E-state index contributed by atoms with van der Waals surface area (Å²) in [4.78, 5) is 28.9. The van der Waals surface area contributed by atoms with Crippen molar-refractivity contribution in [3.05, 3.63) is 82.3 Å². The maximum Gasteiger partial charge on any atom is 0.264 e. The normalized spacial score (nSPS) is 12.0. The van der Waals surface area contributed by atoms with Gasteiger partial charge in [0.2, 0.25) is 11.8 Å². The first-order valence-corrected chi connectivity index (χ1v) is 15.9. The topological polar surface area (TPSA) is 105 Å². The van der Waals surface area contributed by atoms with Crippen LogP contribution in [0.25, 0.3) is 0 Å². The minimum atomic E-state index is -4.31. The number of ether oxygens (including phenoxy) is 2. The molecule has 3 rings (SSSR count). The predicted octanol–water partition coefficient (Wildman–Crippen LogP) is 5.79. The van der Waals surface area contributed by atoms with Crippen LogP contribution in [0.1, 0.15) is 32.8 Å². The highest BCUT2D eigenvalue weighted by Crippen LogP contribution is 2.33. The molecule has 0 heterocycles. The largest absolute Gasteiger partial charge is 0.497 e. The van der Waals surface area contributed by atoms with Gasteiger partial charge in [-0.1, -0.05) is 62.2 Å². The molecule has 0 aliphatic carbocycles. The average Bonchev–Trinajstić information content (AvgIpc) is 2.99. The van der Waals surface area contributed by atoms with E-state index in [0.717, 1.165) is 4.31 Å². The monoisotopic (exact) mass is 649 g/mol. The van der Waals surface area contributed by atoms with Crippen LogP contribution in [0.5, 0.6) is 11.5 Å². The van der Waals surface area contributed by atoms with Gasteiger partial charge in [0, 0.05) is 28.7 Å². The van der Waals surface area contributed by atoms with E-state index < -0.39 is 28.5 Å². The van der Waals surface area contributed by atoms with Crippen molar-refractivity contribution in [1.82, 2.24) is 10.2 Å². The van der Waals surface area contributed by atoms with Crippen molar-refractivity contribution < 1.29 is 27.5 Å². The minimum Gasteiger partial charge on any atom is -0.497 e. The molecule has 3 aromatic rings. The fraction of sp³-hybridized carbons (Fsp3) is 0.355. The lowest BCUT2D eigenvalue weighted by Crippen LogP contribution is -2.52. The second kappa shape index (κ2) is 15.3. The van der Waals surface area contributed by atoms with E-state index in [9.17, 15) is 18.0 Å². The lowest BCUT2D eigenvalue weighted by Gasteiger charge is -2.34. The maximum atomic E-state index is 14.3. The number of nitrogens with one attached hydrogen (secondary N) is 1. The molecule has 0 spiro atoms. The number of anilines is 1. The Kier molecular flexibility index (Phi) is 12.1. The van der Waals surface area contributed by atoms with Crippen molar-refractivity contribution in [1.29, 1.82) is 0 Å². The predicted molar refractivity (Wildman–Crippen MR) is 169 cm³/mol. The van der Waals surface area contributed by atoms with Gasteiger partial charge in [-0.2, -0.15) is 0 Å². The Balaban J connectivity index is 2.13. The summed E-state index contributed by atoms with van der Waals surface area (Å²) in [6, 6.07) is 16.4. The van der Waals surface area contributed by atoms with Gasteiger partial charge in [0.25, 0.3) is 10.0 Å². The molecule has 2 amide bonds. The molecule has 0 radical (unpaired) electrons. The van der Waals surface area contributed by atoms with E-state index >= 15 is 0 Å². The van der Waals surface area contributed by atoms with Crippen LogP contribution in [0.2, 0.25) is 10.0 Å². The number of carbonyl (C=O) groups is 2. The smallest absolute Gasteiger partial charge is 0.264 e. The zero-order valence-corrected chi connectivity index (χ0v) is 27.2. The minimum absolute atomic E-state index is 0.0607. The third kappa shape index (κ3) is 8.34. The lowest BCUT2D eigenvalue weighted by molar-refractivity contribution is -0.140. The first-order chi connectivity index (χ1) is 20.4. The number of hydrogen-bond acceptors (Lipinski definition) is 6. The molecule has 1 N–H and O–H groups in total. The molecule has 9 nitrogen and oxygen atoms in total. The van der Waals surface area contributed by atoms with Crippen molar-refractivity contribution in [2.45, 2.75) is 44.7 Å². The zero-order chi connectivity index (χ0) is 31.7. The Morgan fingerprint density at radius 2 is 1.53 bits per heavy atom. The zero-order valence-electron chi connectivity index (χ0n) is 24.8. The number of carbonyl (C=O) groups excluding carboxylic acids is 2. The van der Waals surface area contributed by atoms with Crippen molar-refractivity contribution in [3.8, 4) is 11.5 Å². The van der Waals surface area contributed by atoms with E-state index in [-0.39, 0.29) is 41.1 Å². The van der Waals surface area contributed by atoms with E-state index in [0.29, 0.717) is 27.9 Å². The van der Waals surface area contributed by atoms with Gasteiger partial charge in [0.15, 0.2) is 0 Å². The van der Waals surface area contributed by atoms with Crippen LogP contribution in [0.4, 0.5) is 5.69 Å². The number of sulfonamides is 1. The summed E-state index contributed by atoms with van der Waals surface area (Å²) in [5.41, 5.74) is 0.596. The van der Waals surface area contributed by atoms with Gasteiger partial charge < -0.3 is 19.7 Å². The Bertz CT molecular complexity index is 1500. The SMILES string of the molecule is CCC(C(=O)NCC(C)C)N(Cc1c(Cl)cccc1Cl)C(=O)CN(c1ccccc1OC)S(=O)(=O)c1ccc(OC)cc1. The molecule has 43 heavy (non-hydrogen) atoms. The summed E-state index contributed by atoms with van der Waals surface area (Å²) in [5, 5.41) is 3.52. The van der Waals surface area contributed by atoms with Crippen LogP contribution >= 0.6 is 23.2 Å². The summed E-state index contributed by atoms with van der Waals surface area (Å²) >= 11 is 12.9. The summed E-state index contributed by atoms with van der Waals surface area (Å²) < 4.78 is 39.9. The third-order valence-electron chi connectivity index (χ3n) is 6.74. The molecular weight excluding hydrogens is 613 g/mol. The molecular formula is C31H37Cl2N3O6S. The Hall–Kier alpha value is -3.47.